The second-order valence-electron chi connectivity index (χ2n) is 9.23. The molecule has 0 spiro atoms. The molecule has 4 aromatic rings. The van der Waals surface area contributed by atoms with E-state index >= 15 is 0 Å². The Balaban J connectivity index is 1.34. The number of hydrogen-bond acceptors (Lipinski definition) is 7. The summed E-state index contributed by atoms with van der Waals surface area (Å²) in [6.07, 6.45) is -1.85. The van der Waals surface area contributed by atoms with E-state index < -0.39 is 53.5 Å². The van der Waals surface area contributed by atoms with E-state index in [0.29, 0.717) is 14.9 Å². The van der Waals surface area contributed by atoms with Crippen LogP contribution < -0.4 is 0 Å². The highest BCUT2D eigenvalue weighted by molar-refractivity contribution is 7.99. The number of aliphatic hydroxyl groups excluding tert-OH is 1. The summed E-state index contributed by atoms with van der Waals surface area (Å²) in [7, 11) is 0. The Kier molecular flexibility index (Phi) is 7.79. The second kappa shape index (κ2) is 11.3. The predicted molar refractivity (Wildman–Crippen MR) is 141 cm³/mol. The van der Waals surface area contributed by atoms with Gasteiger partial charge in [-0.15, -0.1) is 5.10 Å². The van der Waals surface area contributed by atoms with Crippen molar-refractivity contribution in [2.24, 2.45) is 0 Å². The van der Waals surface area contributed by atoms with Gasteiger partial charge < -0.3 is 19.3 Å². The Hall–Kier alpha value is -2.64. The first-order valence-corrected chi connectivity index (χ1v) is 13.8. The van der Waals surface area contributed by atoms with E-state index in [1.165, 1.54) is 22.6 Å². The molecule has 2 aliphatic rings. The van der Waals surface area contributed by atoms with Gasteiger partial charge in [0.25, 0.3) is 0 Å². The lowest BCUT2D eigenvalue weighted by atomic mass is 9.96. The van der Waals surface area contributed by atoms with Gasteiger partial charge in [-0.3, -0.25) is 0 Å². The number of thioether (sulfide) groups is 1. The lowest BCUT2D eigenvalue weighted by Gasteiger charge is -2.47. The van der Waals surface area contributed by atoms with Crippen molar-refractivity contribution in [2.45, 2.75) is 41.0 Å². The largest absolute Gasteiger partial charge is 0.387 e. The van der Waals surface area contributed by atoms with Crippen molar-refractivity contribution in [2.75, 3.05) is 6.61 Å². The lowest BCUT2D eigenvalue weighted by Crippen LogP contribution is -2.58. The Labute approximate surface area is 240 Å². The highest BCUT2D eigenvalue weighted by Crippen LogP contribution is 2.44. The Morgan fingerprint density at radius 1 is 0.950 bits per heavy atom. The molecule has 0 aliphatic carbocycles. The first-order valence-electron chi connectivity index (χ1n) is 12.1. The predicted octanol–water partition coefficient (Wildman–Crippen LogP) is 6.20. The fourth-order valence-corrected chi connectivity index (χ4v) is 6.17. The quantitative estimate of drug-likeness (QED) is 0.270. The van der Waals surface area contributed by atoms with Gasteiger partial charge in [-0.25, -0.2) is 17.9 Å². The number of aliphatic hydroxyl groups is 1. The first kappa shape index (κ1) is 27.5. The molecule has 0 amide bonds. The van der Waals surface area contributed by atoms with Crippen molar-refractivity contribution in [1.29, 1.82) is 0 Å². The summed E-state index contributed by atoms with van der Waals surface area (Å²) in [5, 5.41) is 20.5. The molecule has 1 unspecified atom stereocenters. The van der Waals surface area contributed by atoms with Crippen molar-refractivity contribution in [3.05, 3.63) is 99.9 Å². The molecule has 3 heterocycles. The molecule has 0 radical (unpaired) electrons. The van der Waals surface area contributed by atoms with Crippen LogP contribution in [0.2, 0.25) is 10.0 Å². The van der Waals surface area contributed by atoms with Gasteiger partial charge in [-0.1, -0.05) is 70.5 Å². The second-order valence-corrected chi connectivity index (χ2v) is 11.2. The number of rotatable bonds is 5. The maximum absolute atomic E-state index is 13.9. The van der Waals surface area contributed by atoms with Gasteiger partial charge >= 0.3 is 0 Å². The Morgan fingerprint density at radius 2 is 1.70 bits per heavy atom. The normalized spacial score (nSPS) is 26.4. The average Bonchev–Trinajstić information content (AvgIpc) is 3.44. The van der Waals surface area contributed by atoms with E-state index in [0.717, 1.165) is 17.7 Å². The topological polar surface area (TPSA) is 78.6 Å². The molecule has 6 atom stereocenters. The average molecular weight is 610 g/mol. The molecule has 2 fully saturated rings. The molecule has 40 heavy (non-hydrogen) atoms. The zero-order chi connectivity index (χ0) is 28.0. The summed E-state index contributed by atoms with van der Waals surface area (Å²) in [5.74, 6) is -4.29. The van der Waals surface area contributed by atoms with Crippen LogP contribution >= 0.6 is 35.0 Å². The summed E-state index contributed by atoms with van der Waals surface area (Å²) in [6, 6.07) is 15.2. The molecule has 7 nitrogen and oxygen atoms in total. The molecular formula is C27H20Cl2F3N3O4S. The van der Waals surface area contributed by atoms with Crippen LogP contribution in [0.3, 0.4) is 0 Å². The third-order valence-electron chi connectivity index (χ3n) is 6.64. The third-order valence-corrected chi connectivity index (χ3v) is 8.53. The number of benzene rings is 3. The van der Waals surface area contributed by atoms with Crippen LogP contribution in [-0.4, -0.2) is 50.5 Å². The Morgan fingerprint density at radius 3 is 2.42 bits per heavy atom. The van der Waals surface area contributed by atoms with Crippen molar-refractivity contribution in [1.82, 2.24) is 15.0 Å². The van der Waals surface area contributed by atoms with Crippen LogP contribution in [0.25, 0.3) is 11.3 Å². The zero-order valence-corrected chi connectivity index (χ0v) is 22.7. The fourth-order valence-electron chi connectivity index (χ4n) is 4.70. The summed E-state index contributed by atoms with van der Waals surface area (Å²) in [6.45, 7) is 0.155. The monoisotopic (exact) mass is 609 g/mol. The maximum Gasteiger partial charge on any atom is 0.194 e. The van der Waals surface area contributed by atoms with Crippen molar-refractivity contribution in [3.63, 3.8) is 0 Å². The number of fused-ring (bicyclic) bond motifs is 1. The van der Waals surface area contributed by atoms with Crippen molar-refractivity contribution >= 4 is 35.0 Å². The zero-order valence-electron chi connectivity index (χ0n) is 20.3. The summed E-state index contributed by atoms with van der Waals surface area (Å²) >= 11 is 13.5. The summed E-state index contributed by atoms with van der Waals surface area (Å²) in [4.78, 5) is 0.701. The van der Waals surface area contributed by atoms with Gasteiger partial charge in [0.1, 0.15) is 35.5 Å². The number of nitrogens with zero attached hydrogens (tertiary/aromatic N) is 3. The van der Waals surface area contributed by atoms with E-state index in [4.69, 9.17) is 37.4 Å². The number of hydrogen-bond donors (Lipinski definition) is 1. The van der Waals surface area contributed by atoms with Crippen LogP contribution in [0.15, 0.2) is 71.8 Å². The minimum atomic E-state index is -1.58. The van der Waals surface area contributed by atoms with Crippen LogP contribution in [0.5, 0.6) is 0 Å². The highest BCUT2D eigenvalue weighted by Gasteiger charge is 2.51. The smallest absolute Gasteiger partial charge is 0.194 e. The first-order chi connectivity index (χ1) is 19.3. The van der Waals surface area contributed by atoms with Crippen LogP contribution in [0.4, 0.5) is 13.2 Å². The molecule has 3 aromatic carbocycles. The van der Waals surface area contributed by atoms with E-state index in [2.05, 4.69) is 10.3 Å². The Bertz CT molecular complexity index is 1510. The summed E-state index contributed by atoms with van der Waals surface area (Å²) < 4.78 is 61.2. The summed E-state index contributed by atoms with van der Waals surface area (Å²) in [5.41, 5.74) is 0.0290. The van der Waals surface area contributed by atoms with Gasteiger partial charge in [-0.2, -0.15) is 0 Å². The molecule has 2 saturated heterocycles. The van der Waals surface area contributed by atoms with E-state index in [1.807, 2.05) is 30.3 Å². The minimum absolute atomic E-state index is 0.0162. The molecule has 1 N–H and O–H groups in total. The van der Waals surface area contributed by atoms with E-state index in [9.17, 15) is 18.3 Å². The molecule has 1 aromatic heterocycles. The molecule has 13 heteroatoms. The molecule has 2 aliphatic heterocycles. The van der Waals surface area contributed by atoms with Crippen LogP contribution in [0.1, 0.15) is 17.9 Å². The van der Waals surface area contributed by atoms with Crippen LogP contribution in [-0.2, 0) is 14.2 Å². The van der Waals surface area contributed by atoms with Gasteiger partial charge in [-0.05, 0) is 30.3 Å². The van der Waals surface area contributed by atoms with Gasteiger partial charge in [0, 0.05) is 16.0 Å². The molecule has 0 bridgehead atoms. The fraction of sp³-hybridized carbons (Fsp3) is 0.259. The highest BCUT2D eigenvalue weighted by atomic mass is 35.5. The molecule has 6 rings (SSSR count). The SMILES string of the molecule is O[C@@H]1[C@@H](n2cc(-c3cc(F)c(F)c(F)c3)nn2)[C@H]2OC(c3ccccc3)OC[C@H]2O[C@@H]1Sc1ccc(Cl)c(Cl)c1. The minimum Gasteiger partial charge on any atom is -0.387 e. The third kappa shape index (κ3) is 5.35. The van der Waals surface area contributed by atoms with Gasteiger partial charge in [0.15, 0.2) is 23.7 Å². The van der Waals surface area contributed by atoms with Crippen molar-refractivity contribution in [3.8, 4) is 11.3 Å². The molecule has 0 saturated carbocycles. The van der Waals surface area contributed by atoms with E-state index in [-0.39, 0.29) is 17.9 Å². The molecular weight excluding hydrogens is 590 g/mol. The van der Waals surface area contributed by atoms with Gasteiger partial charge in [0.2, 0.25) is 0 Å². The van der Waals surface area contributed by atoms with Crippen LogP contribution in [0, 0.1) is 17.5 Å². The lowest BCUT2D eigenvalue weighted by molar-refractivity contribution is -0.306. The number of ether oxygens (including phenoxy) is 3. The van der Waals surface area contributed by atoms with Gasteiger partial charge in [0.05, 0.1) is 22.8 Å². The van der Waals surface area contributed by atoms with Crippen molar-refractivity contribution < 1.29 is 32.5 Å². The standard InChI is InChI=1S/C27H20Cl2F3N3O4S/c28-16-7-6-15(10-17(16)29)40-27-24(36)23(25-21(38-27)12-37-26(39-25)13-4-2-1-3-5-13)35-11-20(33-34-35)14-8-18(30)22(32)19(31)9-14/h1-11,21,23-27,36H,12H2/t21-,23-,24-,25+,26?,27-/m1/s1. The van der Waals surface area contributed by atoms with E-state index in [1.54, 1.807) is 18.2 Å². The molecule has 208 valence electrons. The maximum atomic E-state index is 13.9. The number of aromatic nitrogens is 3. The number of halogens is 5.